The number of carbonyl (C=O) groups excluding carboxylic acids is 1. The number of H-pyrrole nitrogens is 1. The number of nitrogens with one attached hydrogen (secondary N) is 3. The van der Waals surface area contributed by atoms with Crippen molar-refractivity contribution in [2.24, 2.45) is 7.05 Å². The van der Waals surface area contributed by atoms with E-state index in [9.17, 15) is 4.79 Å². The third-order valence-electron chi connectivity index (χ3n) is 7.39. The minimum atomic E-state index is -1.54. The molecule has 3 N–H and O–H groups in total. The number of hydrogen-bond acceptors (Lipinski definition) is 8. The van der Waals surface area contributed by atoms with E-state index in [-0.39, 0.29) is 12.1 Å². The van der Waals surface area contributed by atoms with E-state index in [1.54, 1.807) is 29.2 Å². The van der Waals surface area contributed by atoms with Gasteiger partial charge < -0.3 is 20.1 Å². The number of amides is 1. The van der Waals surface area contributed by atoms with Gasteiger partial charge in [-0.2, -0.15) is 15.3 Å². The number of aryl methyl sites for hydroxylation is 1. The summed E-state index contributed by atoms with van der Waals surface area (Å²) in [6, 6.07) is 7.76. The average Bonchev–Trinajstić information content (AvgIpc) is 3.37. The van der Waals surface area contributed by atoms with Gasteiger partial charge in [0, 0.05) is 42.0 Å². The van der Waals surface area contributed by atoms with Gasteiger partial charge in [0.25, 0.3) is 0 Å². The Morgan fingerprint density at radius 1 is 1.26 bits per heavy atom. The van der Waals surface area contributed by atoms with Crippen LogP contribution in [-0.2, 0) is 16.5 Å². The number of ether oxygens (including phenoxy) is 2. The number of nitrogens with zero attached hydrogens (tertiary/aromatic N) is 6. The molecule has 0 spiro atoms. The largest absolute Gasteiger partial charge is 0.441 e. The lowest BCUT2D eigenvalue weighted by atomic mass is 10.1. The highest BCUT2D eigenvalue weighted by Crippen LogP contribution is 2.37. The van der Waals surface area contributed by atoms with Crippen molar-refractivity contribution in [2.75, 3.05) is 11.9 Å². The van der Waals surface area contributed by atoms with Crippen LogP contribution < -0.4 is 10.6 Å². The van der Waals surface area contributed by atoms with Crippen molar-refractivity contribution in [2.45, 2.75) is 43.7 Å². The molecule has 5 heterocycles. The Hall–Kier alpha value is -4.52. The molecule has 2 fully saturated rings. The van der Waals surface area contributed by atoms with Gasteiger partial charge in [0.2, 0.25) is 0 Å². The zero-order valence-corrected chi connectivity index (χ0v) is 21.3. The third-order valence-corrected chi connectivity index (χ3v) is 7.39. The first-order valence-electron chi connectivity index (χ1n) is 12.7. The van der Waals surface area contributed by atoms with Crippen molar-refractivity contribution >= 4 is 34.1 Å². The van der Waals surface area contributed by atoms with Crippen LogP contribution in [0.5, 0.6) is 0 Å². The SMILES string of the molecule is Cn1ncc2cc(-c3cnn4ccnc(Nc5cc([C@H]6OC[C@@H](OC(=O)NC7(C)CC7)[C@H]6F)[nH]n5)c34)ccc21. The van der Waals surface area contributed by atoms with Gasteiger partial charge in [-0.05, 0) is 37.5 Å². The molecule has 0 unspecified atom stereocenters. The summed E-state index contributed by atoms with van der Waals surface area (Å²) in [5, 5.41) is 22.9. The van der Waals surface area contributed by atoms with E-state index in [1.807, 2.05) is 37.0 Å². The highest BCUT2D eigenvalue weighted by atomic mass is 19.1. The maximum absolute atomic E-state index is 15.2. The Kier molecular flexibility index (Phi) is 5.30. The molecule has 39 heavy (non-hydrogen) atoms. The predicted octanol–water partition coefficient (Wildman–Crippen LogP) is 3.81. The second-order valence-corrected chi connectivity index (χ2v) is 10.3. The van der Waals surface area contributed by atoms with Gasteiger partial charge in [-0.1, -0.05) is 6.07 Å². The molecule has 1 saturated heterocycles. The van der Waals surface area contributed by atoms with Crippen molar-refractivity contribution in [3.8, 4) is 11.1 Å². The summed E-state index contributed by atoms with van der Waals surface area (Å²) in [7, 11) is 1.91. The van der Waals surface area contributed by atoms with Crippen LogP contribution in [0.1, 0.15) is 31.6 Å². The van der Waals surface area contributed by atoms with Crippen molar-refractivity contribution in [1.29, 1.82) is 0 Å². The zero-order chi connectivity index (χ0) is 26.7. The van der Waals surface area contributed by atoms with Gasteiger partial charge >= 0.3 is 6.09 Å². The molecule has 13 heteroatoms. The normalized spacial score (nSPS) is 21.9. The Bertz CT molecular complexity index is 1710. The molecule has 0 bridgehead atoms. The second-order valence-electron chi connectivity index (χ2n) is 10.3. The standard InChI is InChI=1S/C26H26FN9O3/c1-26(5-6-26)32-25(37)39-19-13-38-23(21(19)27)17-10-20(34-33-17)31-24-22-16(12-30-36(22)8-7-28-24)14-3-4-18-15(9-14)11-29-35(18)2/h3-4,7-12,19,21,23H,5-6,13H2,1-2H3,(H,32,37)(H2,28,31,33,34)/t19-,21-,23-/m1/s1. The van der Waals surface area contributed by atoms with Crippen LogP contribution in [0.15, 0.2) is 49.1 Å². The molecule has 1 aliphatic carbocycles. The van der Waals surface area contributed by atoms with Gasteiger partial charge in [-0.15, -0.1) is 0 Å². The molecule has 7 rings (SSSR count). The minimum Gasteiger partial charge on any atom is -0.441 e. The highest BCUT2D eigenvalue weighted by molar-refractivity contribution is 5.93. The molecule has 200 valence electrons. The first-order chi connectivity index (χ1) is 18.9. The molecule has 1 saturated carbocycles. The number of aromatic amines is 1. The quantitative estimate of drug-likeness (QED) is 0.301. The molecule has 1 aromatic carbocycles. The second kappa shape index (κ2) is 8.76. The molecular formula is C26H26FN9O3. The molecule has 1 aliphatic heterocycles. The number of carbonyl (C=O) groups is 1. The van der Waals surface area contributed by atoms with Crippen molar-refractivity contribution in [1.82, 2.24) is 39.9 Å². The molecule has 3 atom stereocenters. The van der Waals surface area contributed by atoms with Gasteiger partial charge in [-0.3, -0.25) is 9.78 Å². The summed E-state index contributed by atoms with van der Waals surface area (Å²) < 4.78 is 29.7. The molecule has 5 aromatic rings. The van der Waals surface area contributed by atoms with E-state index in [4.69, 9.17) is 9.47 Å². The first-order valence-corrected chi connectivity index (χ1v) is 12.7. The fourth-order valence-corrected chi connectivity index (χ4v) is 4.91. The number of alkyl carbamates (subject to hydrolysis) is 1. The summed E-state index contributed by atoms with van der Waals surface area (Å²) in [4.78, 5) is 16.6. The summed E-state index contributed by atoms with van der Waals surface area (Å²) in [6.45, 7) is 1.88. The highest BCUT2D eigenvalue weighted by Gasteiger charge is 2.44. The third kappa shape index (κ3) is 4.24. The number of aromatic nitrogens is 7. The Labute approximate surface area is 221 Å². The van der Waals surface area contributed by atoms with E-state index >= 15 is 4.39 Å². The molecular weight excluding hydrogens is 505 g/mol. The maximum atomic E-state index is 15.2. The van der Waals surface area contributed by atoms with Gasteiger partial charge in [0.05, 0.1) is 30.2 Å². The number of hydrogen-bond donors (Lipinski definition) is 3. The Balaban J connectivity index is 1.11. The van der Waals surface area contributed by atoms with Crippen LogP contribution in [0.25, 0.3) is 27.5 Å². The van der Waals surface area contributed by atoms with Crippen LogP contribution in [0, 0.1) is 0 Å². The van der Waals surface area contributed by atoms with E-state index in [0.29, 0.717) is 17.3 Å². The predicted molar refractivity (Wildman–Crippen MR) is 139 cm³/mol. The molecule has 4 aromatic heterocycles. The molecule has 1 amide bonds. The van der Waals surface area contributed by atoms with E-state index in [1.165, 1.54) is 0 Å². The number of halogens is 1. The lowest BCUT2D eigenvalue weighted by Gasteiger charge is -2.17. The molecule has 12 nitrogen and oxygen atoms in total. The van der Waals surface area contributed by atoms with Crippen molar-refractivity contribution < 1.29 is 18.7 Å². The average molecular weight is 532 g/mol. The summed E-state index contributed by atoms with van der Waals surface area (Å²) in [5.74, 6) is 0.963. The molecule has 2 aliphatic rings. The van der Waals surface area contributed by atoms with E-state index < -0.39 is 24.5 Å². The minimum absolute atomic E-state index is 0.0426. The van der Waals surface area contributed by atoms with Gasteiger partial charge in [0.15, 0.2) is 23.9 Å². The van der Waals surface area contributed by atoms with Gasteiger partial charge in [0.1, 0.15) is 11.6 Å². The topological polar surface area (TPSA) is 136 Å². The van der Waals surface area contributed by atoms with Crippen LogP contribution in [0.2, 0.25) is 0 Å². The lowest BCUT2D eigenvalue weighted by molar-refractivity contribution is 0.0604. The summed E-state index contributed by atoms with van der Waals surface area (Å²) in [5.41, 5.74) is 3.82. The van der Waals surface area contributed by atoms with Crippen LogP contribution in [0.4, 0.5) is 20.8 Å². The number of benzene rings is 1. The van der Waals surface area contributed by atoms with Crippen LogP contribution in [0.3, 0.4) is 0 Å². The lowest BCUT2D eigenvalue weighted by Crippen LogP contribution is -2.39. The number of anilines is 2. The van der Waals surface area contributed by atoms with E-state index in [0.717, 1.165) is 40.4 Å². The summed E-state index contributed by atoms with van der Waals surface area (Å²) >= 11 is 0. The smallest absolute Gasteiger partial charge is 0.408 e. The van der Waals surface area contributed by atoms with Crippen molar-refractivity contribution in [3.05, 3.63) is 54.7 Å². The Morgan fingerprint density at radius 3 is 2.97 bits per heavy atom. The first kappa shape index (κ1) is 23.6. The zero-order valence-electron chi connectivity index (χ0n) is 21.3. The number of alkyl halides is 1. The number of rotatable bonds is 6. The van der Waals surface area contributed by atoms with Crippen LogP contribution >= 0.6 is 0 Å². The Morgan fingerprint density at radius 2 is 2.13 bits per heavy atom. The summed E-state index contributed by atoms with van der Waals surface area (Å²) in [6.07, 6.45) is 4.68. The van der Waals surface area contributed by atoms with Gasteiger partial charge in [-0.25, -0.2) is 18.7 Å². The van der Waals surface area contributed by atoms with Crippen molar-refractivity contribution in [3.63, 3.8) is 0 Å². The monoisotopic (exact) mass is 531 g/mol. The van der Waals surface area contributed by atoms with E-state index in [2.05, 4.69) is 42.1 Å². The fraction of sp³-hybridized carbons (Fsp3) is 0.346. The molecule has 0 radical (unpaired) electrons. The van der Waals surface area contributed by atoms with Crippen LogP contribution in [-0.4, -0.2) is 65.1 Å². The number of fused-ring (bicyclic) bond motifs is 2. The fourth-order valence-electron chi connectivity index (χ4n) is 4.91. The maximum Gasteiger partial charge on any atom is 0.408 e.